The minimum absolute atomic E-state index is 0.212. The van der Waals surface area contributed by atoms with Crippen molar-refractivity contribution in [3.63, 3.8) is 0 Å². The van der Waals surface area contributed by atoms with Gasteiger partial charge in [0.15, 0.2) is 0 Å². The maximum absolute atomic E-state index is 14.1. The van der Waals surface area contributed by atoms with E-state index in [-0.39, 0.29) is 12.2 Å². The Morgan fingerprint density at radius 2 is 2.03 bits per heavy atom. The van der Waals surface area contributed by atoms with Crippen molar-refractivity contribution in [1.29, 1.82) is 0 Å². The molecule has 1 aliphatic rings. The number of aromatic nitrogens is 2. The van der Waals surface area contributed by atoms with Crippen molar-refractivity contribution < 1.29 is 18.7 Å². The fourth-order valence-corrected chi connectivity index (χ4v) is 4.98. The number of carbonyl (C=O) groups is 2. The Bertz CT molecular complexity index is 1200. The molecule has 0 saturated carbocycles. The van der Waals surface area contributed by atoms with E-state index >= 15 is 0 Å². The number of ether oxygens (including phenoxy) is 1. The molecule has 6 nitrogen and oxygen atoms in total. The van der Waals surface area contributed by atoms with Gasteiger partial charge in [-0.15, -0.1) is 0 Å². The largest absolute Gasteiger partial charge is 0.462 e. The number of fused-ring (bicyclic) bond motifs is 1. The normalized spacial score (nSPS) is 15.5. The zero-order valence-corrected chi connectivity index (χ0v) is 20.3. The molecular formula is C27H32FN3O3. The van der Waals surface area contributed by atoms with Gasteiger partial charge in [0.05, 0.1) is 23.9 Å². The first-order valence-electron chi connectivity index (χ1n) is 12.0. The van der Waals surface area contributed by atoms with Gasteiger partial charge >= 0.3 is 5.97 Å². The van der Waals surface area contributed by atoms with Gasteiger partial charge in [-0.05, 0) is 55.5 Å². The van der Waals surface area contributed by atoms with Crippen molar-refractivity contribution in [3.8, 4) is 11.1 Å². The molecule has 34 heavy (non-hydrogen) atoms. The van der Waals surface area contributed by atoms with E-state index in [2.05, 4.69) is 36.0 Å². The van der Waals surface area contributed by atoms with E-state index in [0.717, 1.165) is 48.3 Å². The Morgan fingerprint density at radius 3 is 2.71 bits per heavy atom. The third kappa shape index (κ3) is 4.62. The molecule has 0 radical (unpaired) electrons. The molecule has 0 amide bonds. The molecule has 0 aliphatic carbocycles. The lowest BCUT2D eigenvalue weighted by Crippen LogP contribution is -2.52. The van der Waals surface area contributed by atoms with Crippen LogP contribution in [0.2, 0.25) is 0 Å². The SMILES string of the molecule is CCOC(=O)c1cc(F)ccc1-c1cc(C2CN([C@H](CCC=O)C(C)C)C2)cn2c(C)ncc12. The van der Waals surface area contributed by atoms with Crippen LogP contribution in [-0.4, -0.2) is 52.3 Å². The Morgan fingerprint density at radius 1 is 1.26 bits per heavy atom. The highest BCUT2D eigenvalue weighted by Gasteiger charge is 2.35. The van der Waals surface area contributed by atoms with Crippen molar-refractivity contribution in [3.05, 3.63) is 59.4 Å². The molecule has 3 heterocycles. The quantitative estimate of drug-likeness (QED) is 0.328. The summed E-state index contributed by atoms with van der Waals surface area (Å²) in [5.41, 5.74) is 3.69. The molecule has 0 bridgehead atoms. The highest BCUT2D eigenvalue weighted by atomic mass is 19.1. The first kappa shape index (κ1) is 24.1. The fraction of sp³-hybridized carbons (Fsp3) is 0.444. The highest BCUT2D eigenvalue weighted by molar-refractivity contribution is 5.99. The zero-order chi connectivity index (χ0) is 24.4. The zero-order valence-electron chi connectivity index (χ0n) is 20.3. The Hall–Kier alpha value is -3.06. The lowest BCUT2D eigenvalue weighted by molar-refractivity contribution is -0.108. The average Bonchev–Trinajstić information content (AvgIpc) is 3.15. The van der Waals surface area contributed by atoms with Crippen LogP contribution < -0.4 is 0 Å². The van der Waals surface area contributed by atoms with Gasteiger partial charge in [-0.2, -0.15) is 0 Å². The van der Waals surface area contributed by atoms with Crippen LogP contribution in [0.3, 0.4) is 0 Å². The van der Waals surface area contributed by atoms with E-state index in [9.17, 15) is 14.0 Å². The number of aldehydes is 1. The van der Waals surface area contributed by atoms with E-state index in [0.29, 0.717) is 29.9 Å². The van der Waals surface area contributed by atoms with Crippen LogP contribution in [0.4, 0.5) is 4.39 Å². The van der Waals surface area contributed by atoms with Gasteiger partial charge < -0.3 is 13.9 Å². The molecule has 1 atom stereocenters. The summed E-state index contributed by atoms with van der Waals surface area (Å²) in [4.78, 5) is 30.5. The fourth-order valence-electron chi connectivity index (χ4n) is 4.98. The predicted molar refractivity (Wildman–Crippen MR) is 130 cm³/mol. The maximum Gasteiger partial charge on any atom is 0.338 e. The van der Waals surface area contributed by atoms with E-state index < -0.39 is 11.8 Å². The van der Waals surface area contributed by atoms with Crippen molar-refractivity contribution in [1.82, 2.24) is 14.3 Å². The summed E-state index contributed by atoms with van der Waals surface area (Å²) in [5.74, 6) is 0.630. The summed E-state index contributed by atoms with van der Waals surface area (Å²) in [5, 5.41) is 0. The first-order chi connectivity index (χ1) is 16.3. The topological polar surface area (TPSA) is 63.9 Å². The minimum Gasteiger partial charge on any atom is -0.462 e. The molecule has 180 valence electrons. The maximum atomic E-state index is 14.1. The second-order valence-electron chi connectivity index (χ2n) is 9.36. The first-order valence-corrected chi connectivity index (χ1v) is 12.0. The monoisotopic (exact) mass is 465 g/mol. The number of esters is 1. The molecule has 1 aromatic carbocycles. The Balaban J connectivity index is 1.72. The van der Waals surface area contributed by atoms with Crippen LogP contribution in [0.15, 0.2) is 36.7 Å². The number of hydrogen-bond donors (Lipinski definition) is 0. The Labute approximate surface area is 199 Å². The molecule has 0 spiro atoms. The summed E-state index contributed by atoms with van der Waals surface area (Å²) in [6.07, 6.45) is 6.35. The number of likely N-dealkylation sites (tertiary alicyclic amines) is 1. The van der Waals surface area contributed by atoms with Gasteiger partial charge in [-0.1, -0.05) is 19.9 Å². The lowest BCUT2D eigenvalue weighted by atomic mass is 9.85. The van der Waals surface area contributed by atoms with Crippen LogP contribution in [-0.2, 0) is 9.53 Å². The third-order valence-electron chi connectivity index (χ3n) is 6.81. The number of rotatable bonds is 9. The number of halogens is 1. The van der Waals surface area contributed by atoms with Crippen LogP contribution in [0.25, 0.3) is 16.6 Å². The average molecular weight is 466 g/mol. The van der Waals surface area contributed by atoms with Crippen molar-refractivity contribution in [2.24, 2.45) is 5.92 Å². The van der Waals surface area contributed by atoms with Crippen LogP contribution in [0, 0.1) is 18.7 Å². The second kappa shape index (κ2) is 10.1. The summed E-state index contributed by atoms with van der Waals surface area (Å²) >= 11 is 0. The second-order valence-corrected chi connectivity index (χ2v) is 9.36. The predicted octanol–water partition coefficient (Wildman–Crippen LogP) is 5.03. The molecule has 7 heteroatoms. The molecule has 3 aromatic rings. The van der Waals surface area contributed by atoms with Crippen molar-refractivity contribution in [2.45, 2.75) is 52.5 Å². The summed E-state index contributed by atoms with van der Waals surface area (Å²) in [6, 6.07) is 6.74. The van der Waals surface area contributed by atoms with Gasteiger partial charge in [0.1, 0.15) is 17.9 Å². The van der Waals surface area contributed by atoms with Gasteiger partial charge in [-0.3, -0.25) is 4.90 Å². The standard InChI is InChI=1S/C27H32FN3O3/c1-5-34-27(33)24-12-21(28)8-9-22(24)23-11-19(16-31-18(4)29-13-26(23)31)20-14-30(15-20)25(17(2)3)7-6-10-32/h8-13,16-17,20,25H,5-7,14-15H2,1-4H3/t25-/m1/s1. The third-order valence-corrected chi connectivity index (χ3v) is 6.81. The molecule has 1 aliphatic heterocycles. The smallest absolute Gasteiger partial charge is 0.338 e. The van der Waals surface area contributed by atoms with E-state index in [1.165, 1.54) is 12.1 Å². The number of pyridine rings is 1. The van der Waals surface area contributed by atoms with Crippen LogP contribution in [0.1, 0.15) is 61.3 Å². The van der Waals surface area contributed by atoms with Crippen LogP contribution >= 0.6 is 0 Å². The molecule has 1 fully saturated rings. The van der Waals surface area contributed by atoms with Gasteiger partial charge in [0.2, 0.25) is 0 Å². The highest BCUT2D eigenvalue weighted by Crippen LogP contribution is 2.37. The number of hydrogen-bond acceptors (Lipinski definition) is 5. The van der Waals surface area contributed by atoms with E-state index in [4.69, 9.17) is 4.74 Å². The van der Waals surface area contributed by atoms with E-state index in [1.807, 2.05) is 11.3 Å². The minimum atomic E-state index is -0.540. The molecule has 2 aromatic heterocycles. The van der Waals surface area contributed by atoms with E-state index in [1.54, 1.807) is 19.2 Å². The lowest BCUT2D eigenvalue weighted by Gasteiger charge is -2.46. The van der Waals surface area contributed by atoms with Gasteiger partial charge in [0.25, 0.3) is 0 Å². The molecule has 0 unspecified atom stereocenters. The van der Waals surface area contributed by atoms with Crippen LogP contribution in [0.5, 0.6) is 0 Å². The number of imidazole rings is 1. The number of benzene rings is 1. The van der Waals surface area contributed by atoms with Gasteiger partial charge in [0, 0.05) is 43.2 Å². The van der Waals surface area contributed by atoms with Crippen molar-refractivity contribution in [2.75, 3.05) is 19.7 Å². The summed E-state index contributed by atoms with van der Waals surface area (Å²) < 4.78 is 21.3. The summed E-state index contributed by atoms with van der Waals surface area (Å²) in [7, 11) is 0. The molecule has 4 rings (SSSR count). The molecule has 0 N–H and O–H groups in total. The Kier molecular flexibility index (Phi) is 7.12. The number of aryl methyl sites for hydroxylation is 1. The molecular weight excluding hydrogens is 433 g/mol. The summed E-state index contributed by atoms with van der Waals surface area (Å²) in [6.45, 7) is 10.1. The molecule has 1 saturated heterocycles. The van der Waals surface area contributed by atoms with Crippen molar-refractivity contribution >= 4 is 17.8 Å². The number of carbonyl (C=O) groups excluding carboxylic acids is 2. The van der Waals surface area contributed by atoms with Gasteiger partial charge in [-0.25, -0.2) is 14.2 Å². The number of nitrogens with zero attached hydrogens (tertiary/aromatic N) is 3.